The lowest BCUT2D eigenvalue weighted by molar-refractivity contribution is -0.139. The summed E-state index contributed by atoms with van der Waals surface area (Å²) in [6, 6.07) is 8.58. The van der Waals surface area contributed by atoms with Crippen LogP contribution in [0.3, 0.4) is 0 Å². The average Bonchev–Trinajstić information content (AvgIpc) is 2.52. The maximum Gasteiger partial charge on any atom is 0.306 e. The molecule has 2 aromatic rings. The van der Waals surface area contributed by atoms with Gasteiger partial charge in [-0.2, -0.15) is 0 Å². The lowest BCUT2D eigenvalue weighted by atomic mass is 10.1. The first-order chi connectivity index (χ1) is 10.6. The third kappa shape index (κ3) is 4.44. The van der Waals surface area contributed by atoms with Crippen LogP contribution in [0.1, 0.15) is 23.8 Å². The van der Waals surface area contributed by atoms with Gasteiger partial charge in [-0.3, -0.25) is 4.79 Å². The highest BCUT2D eigenvalue weighted by Crippen LogP contribution is 2.27. The normalized spacial score (nSPS) is 11.9. The predicted octanol–water partition coefficient (Wildman–Crippen LogP) is 2.29. The van der Waals surface area contributed by atoms with E-state index >= 15 is 0 Å². The Kier molecular flexibility index (Phi) is 5.74. The van der Waals surface area contributed by atoms with Crippen molar-refractivity contribution in [1.29, 1.82) is 0 Å². The molecule has 0 aliphatic rings. The predicted molar refractivity (Wildman–Crippen MR) is 81.8 cm³/mol. The van der Waals surface area contributed by atoms with Crippen LogP contribution in [0.4, 0.5) is 0 Å². The van der Waals surface area contributed by atoms with Gasteiger partial charge in [-0.05, 0) is 18.4 Å². The van der Waals surface area contributed by atoms with Crippen LogP contribution in [0, 0.1) is 0 Å². The maximum absolute atomic E-state index is 10.7. The Morgan fingerprint density at radius 1 is 1.36 bits per heavy atom. The Bertz CT molecular complexity index is 651. The highest BCUT2D eigenvalue weighted by Gasteiger charge is 2.16. The number of nitrogens with zero attached hydrogens (tertiary/aromatic N) is 2. The van der Waals surface area contributed by atoms with Crippen molar-refractivity contribution in [3.8, 4) is 5.75 Å². The summed E-state index contributed by atoms with van der Waals surface area (Å²) in [5.41, 5.74) is 1.16. The number of rotatable bonds is 7. The van der Waals surface area contributed by atoms with Crippen LogP contribution in [-0.2, 0) is 11.4 Å². The van der Waals surface area contributed by atoms with Crippen LogP contribution in [0.5, 0.6) is 5.75 Å². The fourth-order valence-electron chi connectivity index (χ4n) is 1.87. The number of carboxylic acids is 1. The highest BCUT2D eigenvalue weighted by atomic mass is 32.2. The van der Waals surface area contributed by atoms with Gasteiger partial charge in [0.25, 0.3) is 0 Å². The van der Waals surface area contributed by atoms with E-state index < -0.39 is 12.1 Å². The van der Waals surface area contributed by atoms with E-state index in [1.807, 2.05) is 6.26 Å². The standard InChI is InChI=1S/C15H16N2O4S/c1-22-15-16-7-6-10(17-15)9-21-13-5-3-2-4-11(13)12(18)8-14(19)20/h2-7,12,18H,8-9H2,1H3,(H,19,20). The SMILES string of the molecule is CSc1nccc(COc2ccccc2C(O)CC(=O)O)n1. The molecule has 0 radical (unpaired) electrons. The second-order valence-corrected chi connectivity index (χ2v) is 5.25. The molecular weight excluding hydrogens is 304 g/mol. The van der Waals surface area contributed by atoms with Gasteiger partial charge in [0.05, 0.1) is 18.2 Å². The van der Waals surface area contributed by atoms with Crippen LogP contribution in [-0.4, -0.2) is 32.4 Å². The summed E-state index contributed by atoms with van der Waals surface area (Å²) in [5, 5.41) is 19.4. The molecule has 1 heterocycles. The monoisotopic (exact) mass is 320 g/mol. The summed E-state index contributed by atoms with van der Waals surface area (Å²) in [6.07, 6.45) is 2.06. The summed E-state index contributed by atoms with van der Waals surface area (Å²) in [5.74, 6) is -0.622. The third-order valence-corrected chi connectivity index (χ3v) is 3.46. The lowest BCUT2D eigenvalue weighted by Gasteiger charge is -2.14. The van der Waals surface area contributed by atoms with E-state index in [0.29, 0.717) is 22.2 Å². The van der Waals surface area contributed by atoms with Crippen LogP contribution in [0.25, 0.3) is 0 Å². The quantitative estimate of drug-likeness (QED) is 0.597. The molecule has 1 unspecified atom stereocenters. The summed E-state index contributed by atoms with van der Waals surface area (Å²) >= 11 is 1.44. The Balaban J connectivity index is 2.10. The van der Waals surface area contributed by atoms with E-state index in [2.05, 4.69) is 9.97 Å². The zero-order valence-electron chi connectivity index (χ0n) is 12.0. The fraction of sp³-hybridized carbons (Fsp3) is 0.267. The van der Waals surface area contributed by atoms with Crippen LogP contribution in [0.2, 0.25) is 0 Å². The molecule has 1 aromatic carbocycles. The number of carbonyl (C=O) groups is 1. The largest absolute Gasteiger partial charge is 0.487 e. The minimum absolute atomic E-state index is 0.215. The molecule has 6 nitrogen and oxygen atoms in total. The summed E-state index contributed by atoms with van der Waals surface area (Å²) < 4.78 is 5.67. The fourth-order valence-corrected chi connectivity index (χ4v) is 2.24. The minimum atomic E-state index is -1.11. The number of hydrogen-bond donors (Lipinski definition) is 2. The number of carboxylic acid groups (broad SMARTS) is 1. The zero-order chi connectivity index (χ0) is 15.9. The van der Waals surface area contributed by atoms with Gasteiger partial charge in [-0.25, -0.2) is 9.97 Å². The van der Waals surface area contributed by atoms with Crippen molar-refractivity contribution in [3.63, 3.8) is 0 Å². The molecule has 0 spiro atoms. The van der Waals surface area contributed by atoms with Gasteiger partial charge in [0.2, 0.25) is 0 Å². The molecule has 0 saturated carbocycles. The molecule has 0 bridgehead atoms. The number of hydrogen-bond acceptors (Lipinski definition) is 6. The second-order valence-electron chi connectivity index (χ2n) is 4.47. The van der Waals surface area contributed by atoms with Gasteiger partial charge in [-0.15, -0.1) is 0 Å². The number of aliphatic hydroxyl groups excluding tert-OH is 1. The van der Waals surface area contributed by atoms with Gasteiger partial charge in [0, 0.05) is 11.8 Å². The summed E-state index contributed by atoms with van der Waals surface area (Å²) in [7, 11) is 0. The molecule has 1 aromatic heterocycles. The van der Waals surface area contributed by atoms with Gasteiger partial charge in [0.15, 0.2) is 5.16 Å². The molecule has 0 fully saturated rings. The van der Waals surface area contributed by atoms with E-state index in [1.54, 1.807) is 36.5 Å². The number of para-hydroxylation sites is 1. The Morgan fingerprint density at radius 3 is 2.86 bits per heavy atom. The molecule has 0 saturated heterocycles. The number of aliphatic hydroxyl groups is 1. The number of aromatic nitrogens is 2. The van der Waals surface area contributed by atoms with E-state index in [1.165, 1.54) is 11.8 Å². The molecule has 116 valence electrons. The lowest BCUT2D eigenvalue weighted by Crippen LogP contribution is -2.08. The van der Waals surface area contributed by atoms with Crippen molar-refractivity contribution in [3.05, 3.63) is 47.8 Å². The second kappa shape index (κ2) is 7.77. The molecule has 2 rings (SSSR count). The van der Waals surface area contributed by atoms with Crippen molar-refractivity contribution in [2.24, 2.45) is 0 Å². The molecule has 0 amide bonds. The summed E-state index contributed by atoms with van der Waals surface area (Å²) in [6.45, 7) is 0.215. The Morgan fingerprint density at radius 2 is 2.14 bits per heavy atom. The molecule has 0 aliphatic carbocycles. The van der Waals surface area contributed by atoms with Crippen LogP contribution < -0.4 is 4.74 Å². The van der Waals surface area contributed by atoms with Gasteiger partial charge in [0.1, 0.15) is 12.4 Å². The van der Waals surface area contributed by atoms with Crippen LogP contribution >= 0.6 is 11.8 Å². The molecule has 1 atom stereocenters. The first-order valence-corrected chi connectivity index (χ1v) is 7.80. The number of aliphatic carboxylic acids is 1. The van der Waals surface area contributed by atoms with Gasteiger partial charge in [-0.1, -0.05) is 30.0 Å². The molecule has 0 aliphatic heterocycles. The molecular formula is C15H16N2O4S. The van der Waals surface area contributed by atoms with E-state index in [-0.39, 0.29) is 13.0 Å². The third-order valence-electron chi connectivity index (χ3n) is 2.90. The topological polar surface area (TPSA) is 92.5 Å². The molecule has 7 heteroatoms. The number of ether oxygens (including phenoxy) is 1. The average molecular weight is 320 g/mol. The van der Waals surface area contributed by atoms with Crippen LogP contribution in [0.15, 0.2) is 41.7 Å². The summed E-state index contributed by atoms with van der Waals surface area (Å²) in [4.78, 5) is 19.1. The maximum atomic E-state index is 10.7. The smallest absolute Gasteiger partial charge is 0.306 e. The number of benzene rings is 1. The minimum Gasteiger partial charge on any atom is -0.487 e. The van der Waals surface area contributed by atoms with Crippen molar-refractivity contribution in [2.75, 3.05) is 6.26 Å². The first kappa shape index (κ1) is 16.3. The first-order valence-electron chi connectivity index (χ1n) is 6.57. The van der Waals surface area contributed by atoms with Crippen molar-refractivity contribution >= 4 is 17.7 Å². The van der Waals surface area contributed by atoms with E-state index in [4.69, 9.17) is 9.84 Å². The Hall–Kier alpha value is -2.12. The van der Waals surface area contributed by atoms with Gasteiger partial charge < -0.3 is 14.9 Å². The van der Waals surface area contributed by atoms with Crippen molar-refractivity contribution in [2.45, 2.75) is 24.3 Å². The molecule has 2 N–H and O–H groups in total. The van der Waals surface area contributed by atoms with E-state index in [9.17, 15) is 9.90 Å². The molecule has 22 heavy (non-hydrogen) atoms. The Labute approximate surface area is 132 Å². The highest BCUT2D eigenvalue weighted by molar-refractivity contribution is 7.98. The van der Waals surface area contributed by atoms with Gasteiger partial charge >= 0.3 is 5.97 Å². The number of thioether (sulfide) groups is 1. The van der Waals surface area contributed by atoms with Crippen molar-refractivity contribution < 1.29 is 19.7 Å². The van der Waals surface area contributed by atoms with E-state index in [0.717, 1.165) is 0 Å². The zero-order valence-corrected chi connectivity index (χ0v) is 12.8. The van der Waals surface area contributed by atoms with Crippen molar-refractivity contribution in [1.82, 2.24) is 9.97 Å².